The zero-order valence-electron chi connectivity index (χ0n) is 12.0. The molecule has 1 amide bonds. The topological polar surface area (TPSA) is 67.6 Å². The highest BCUT2D eigenvalue weighted by Gasteiger charge is 2.35. The van der Waals surface area contributed by atoms with E-state index < -0.39 is 23.3 Å². The predicted octanol–water partition coefficient (Wildman–Crippen LogP) is 2.10. The van der Waals surface area contributed by atoms with Crippen LogP contribution in [-0.2, 0) is 10.9 Å². The first-order valence-corrected chi connectivity index (χ1v) is 6.17. The average molecular weight is 305 g/mol. The van der Waals surface area contributed by atoms with Crippen molar-refractivity contribution in [2.75, 3.05) is 26.2 Å². The van der Waals surface area contributed by atoms with Gasteiger partial charge < -0.3 is 15.1 Å². The molecule has 0 aliphatic carbocycles. The summed E-state index contributed by atoms with van der Waals surface area (Å²) in [5.74, 6) is 4.60. The lowest BCUT2D eigenvalue weighted by Crippen LogP contribution is -2.38. The Morgan fingerprint density at radius 2 is 2.10 bits per heavy atom. The first-order chi connectivity index (χ1) is 9.73. The van der Waals surface area contributed by atoms with E-state index >= 15 is 0 Å². The van der Waals surface area contributed by atoms with E-state index in [1.54, 1.807) is 6.92 Å². The lowest BCUT2D eigenvalue weighted by Gasteiger charge is -2.26. The maximum Gasteiger partial charge on any atom is 0.418 e. The number of methoxy groups -OCH3 is 1. The van der Waals surface area contributed by atoms with Crippen LogP contribution in [0.15, 0.2) is 18.2 Å². The number of para-hydroxylation sites is 1. The molecule has 5 nitrogen and oxygen atoms in total. The molecule has 118 valence electrons. The number of nitrogens with one attached hydrogen (secondary N) is 1. The van der Waals surface area contributed by atoms with Crippen LogP contribution in [0.25, 0.3) is 0 Å². The maximum absolute atomic E-state index is 12.9. The molecule has 0 aromatic heterocycles. The van der Waals surface area contributed by atoms with Gasteiger partial charge in [0.05, 0.1) is 29.5 Å². The van der Waals surface area contributed by atoms with E-state index in [1.807, 2.05) is 5.43 Å². The van der Waals surface area contributed by atoms with Gasteiger partial charge in [-0.1, -0.05) is 6.07 Å². The van der Waals surface area contributed by atoms with Crippen LogP contribution in [0.1, 0.15) is 22.8 Å². The minimum absolute atomic E-state index is 0.141. The summed E-state index contributed by atoms with van der Waals surface area (Å²) >= 11 is 0. The molecule has 1 aromatic carbocycles. The summed E-state index contributed by atoms with van der Waals surface area (Å²) in [6.45, 7) is 2.00. The van der Waals surface area contributed by atoms with Crippen LogP contribution in [0.3, 0.4) is 0 Å². The van der Waals surface area contributed by atoms with Gasteiger partial charge in [-0.15, -0.1) is 0 Å². The third-order valence-electron chi connectivity index (χ3n) is 3.13. The summed E-state index contributed by atoms with van der Waals surface area (Å²) in [5, 5.41) is 0. The lowest BCUT2D eigenvalue weighted by molar-refractivity contribution is -0.137. The van der Waals surface area contributed by atoms with Gasteiger partial charge in [-0.3, -0.25) is 10.6 Å². The molecular weight excluding hydrogens is 287 g/mol. The zero-order valence-corrected chi connectivity index (χ0v) is 12.0. The number of carbonyl (C=O) groups is 1. The standard InChI is InChI=1S/C13H18F3N3O2/c1-8(7-21-3)19(2)12(20)9-5-4-6-10(11(9)18-17)13(14,15)16/h4-6,8,18H,7,17H2,1-3H3. The molecule has 0 fully saturated rings. The second kappa shape index (κ2) is 6.77. The predicted molar refractivity (Wildman–Crippen MR) is 72.7 cm³/mol. The van der Waals surface area contributed by atoms with E-state index in [2.05, 4.69) is 0 Å². The SMILES string of the molecule is COCC(C)N(C)C(=O)c1cccc(C(F)(F)F)c1NN. The number of hydrazine groups is 1. The molecule has 0 saturated carbocycles. The fourth-order valence-corrected chi connectivity index (χ4v) is 1.87. The molecule has 1 atom stereocenters. The molecule has 1 aromatic rings. The number of ether oxygens (including phenoxy) is 1. The van der Waals surface area contributed by atoms with Crippen molar-refractivity contribution in [3.8, 4) is 0 Å². The second-order valence-electron chi connectivity index (χ2n) is 4.59. The van der Waals surface area contributed by atoms with E-state index in [0.29, 0.717) is 0 Å². The summed E-state index contributed by atoms with van der Waals surface area (Å²) in [5.41, 5.74) is 0.417. The number of amides is 1. The van der Waals surface area contributed by atoms with E-state index in [9.17, 15) is 18.0 Å². The van der Waals surface area contributed by atoms with E-state index in [-0.39, 0.29) is 18.2 Å². The number of nitrogens with zero attached hydrogens (tertiary/aromatic N) is 1. The quantitative estimate of drug-likeness (QED) is 0.646. The Kier molecular flexibility index (Phi) is 5.56. The highest BCUT2D eigenvalue weighted by molar-refractivity contribution is 6.00. The number of hydrogen-bond donors (Lipinski definition) is 2. The number of benzene rings is 1. The van der Waals surface area contributed by atoms with Gasteiger partial charge in [0.2, 0.25) is 0 Å². The van der Waals surface area contributed by atoms with Crippen molar-refractivity contribution in [3.05, 3.63) is 29.3 Å². The van der Waals surface area contributed by atoms with E-state index in [4.69, 9.17) is 10.6 Å². The van der Waals surface area contributed by atoms with Crippen molar-refractivity contribution >= 4 is 11.6 Å². The Labute approximate surface area is 120 Å². The molecule has 0 heterocycles. The van der Waals surface area contributed by atoms with Crippen molar-refractivity contribution in [2.24, 2.45) is 5.84 Å². The number of rotatable bonds is 5. The Hall–Kier alpha value is -1.80. The smallest absolute Gasteiger partial charge is 0.383 e. The van der Waals surface area contributed by atoms with Crippen LogP contribution in [0.5, 0.6) is 0 Å². The fourth-order valence-electron chi connectivity index (χ4n) is 1.87. The molecule has 21 heavy (non-hydrogen) atoms. The largest absolute Gasteiger partial charge is 0.418 e. The Balaban J connectivity index is 3.22. The lowest BCUT2D eigenvalue weighted by atomic mass is 10.1. The van der Waals surface area contributed by atoms with Crippen LogP contribution in [0.4, 0.5) is 18.9 Å². The Bertz CT molecular complexity index is 506. The van der Waals surface area contributed by atoms with E-state index in [1.165, 1.54) is 31.2 Å². The van der Waals surface area contributed by atoms with Crippen LogP contribution < -0.4 is 11.3 Å². The number of halogens is 3. The molecule has 8 heteroatoms. The number of likely N-dealkylation sites (N-methyl/N-ethyl adjacent to an activating group) is 1. The van der Waals surface area contributed by atoms with Crippen LogP contribution in [-0.4, -0.2) is 37.6 Å². The van der Waals surface area contributed by atoms with Crippen LogP contribution >= 0.6 is 0 Å². The maximum atomic E-state index is 12.9. The number of hydrogen-bond acceptors (Lipinski definition) is 4. The molecule has 0 aliphatic rings. The van der Waals surface area contributed by atoms with Gasteiger partial charge in [-0.25, -0.2) is 0 Å². The second-order valence-corrected chi connectivity index (χ2v) is 4.59. The summed E-state index contributed by atoms with van der Waals surface area (Å²) in [6, 6.07) is 3.04. The van der Waals surface area contributed by atoms with Crippen molar-refractivity contribution in [1.29, 1.82) is 0 Å². The average Bonchev–Trinajstić information content (AvgIpc) is 2.44. The molecule has 0 radical (unpaired) electrons. The monoisotopic (exact) mass is 305 g/mol. The summed E-state index contributed by atoms with van der Waals surface area (Å²) in [7, 11) is 2.97. The van der Waals surface area contributed by atoms with Crippen molar-refractivity contribution in [3.63, 3.8) is 0 Å². The summed E-state index contributed by atoms with van der Waals surface area (Å²) in [4.78, 5) is 13.6. The van der Waals surface area contributed by atoms with Gasteiger partial charge in [0.25, 0.3) is 5.91 Å². The number of carbonyl (C=O) groups excluding carboxylic acids is 1. The fraction of sp³-hybridized carbons (Fsp3) is 0.462. The van der Waals surface area contributed by atoms with E-state index in [0.717, 1.165) is 6.07 Å². The third-order valence-corrected chi connectivity index (χ3v) is 3.13. The summed E-state index contributed by atoms with van der Waals surface area (Å²) in [6.07, 6.45) is -4.60. The summed E-state index contributed by atoms with van der Waals surface area (Å²) < 4.78 is 43.7. The van der Waals surface area contributed by atoms with Gasteiger partial charge >= 0.3 is 6.18 Å². The molecule has 0 aliphatic heterocycles. The number of nitrogen functional groups attached to an aromatic ring is 1. The van der Waals surface area contributed by atoms with Crippen molar-refractivity contribution in [2.45, 2.75) is 19.1 Å². The van der Waals surface area contributed by atoms with Crippen molar-refractivity contribution < 1.29 is 22.7 Å². The first-order valence-electron chi connectivity index (χ1n) is 6.17. The highest BCUT2D eigenvalue weighted by atomic mass is 19.4. The zero-order chi connectivity index (χ0) is 16.2. The highest BCUT2D eigenvalue weighted by Crippen LogP contribution is 2.36. The van der Waals surface area contributed by atoms with Crippen LogP contribution in [0, 0.1) is 0 Å². The van der Waals surface area contributed by atoms with Gasteiger partial charge in [0.1, 0.15) is 0 Å². The first kappa shape index (κ1) is 17.3. The molecular formula is C13H18F3N3O2. The third kappa shape index (κ3) is 3.85. The van der Waals surface area contributed by atoms with Gasteiger partial charge in [-0.05, 0) is 19.1 Å². The Morgan fingerprint density at radius 3 is 2.57 bits per heavy atom. The minimum Gasteiger partial charge on any atom is -0.383 e. The van der Waals surface area contributed by atoms with Gasteiger partial charge in [0.15, 0.2) is 0 Å². The van der Waals surface area contributed by atoms with Gasteiger partial charge in [0, 0.05) is 14.2 Å². The van der Waals surface area contributed by atoms with Crippen molar-refractivity contribution in [1.82, 2.24) is 4.90 Å². The molecule has 0 bridgehead atoms. The molecule has 0 saturated heterocycles. The number of nitrogens with two attached hydrogens (primary N) is 1. The van der Waals surface area contributed by atoms with Crippen LogP contribution in [0.2, 0.25) is 0 Å². The van der Waals surface area contributed by atoms with Gasteiger partial charge in [-0.2, -0.15) is 13.2 Å². The Morgan fingerprint density at radius 1 is 1.48 bits per heavy atom. The molecule has 1 rings (SSSR count). The number of anilines is 1. The molecule has 1 unspecified atom stereocenters. The normalized spacial score (nSPS) is 12.9. The minimum atomic E-state index is -4.60. The molecule has 0 spiro atoms. The number of alkyl halides is 3. The molecule has 3 N–H and O–H groups in total.